The molecule has 30 heavy (non-hydrogen) atoms. The summed E-state index contributed by atoms with van der Waals surface area (Å²) in [7, 11) is 4.01. The summed E-state index contributed by atoms with van der Waals surface area (Å²) in [6.45, 7) is 3.90. The zero-order chi connectivity index (χ0) is 21.4. The molecule has 0 N–H and O–H groups in total. The number of benzene rings is 2. The summed E-state index contributed by atoms with van der Waals surface area (Å²) in [6, 6.07) is 17.3. The van der Waals surface area contributed by atoms with Crippen LogP contribution in [0.25, 0.3) is 11.1 Å². The second-order valence-electron chi connectivity index (χ2n) is 7.78. The molecule has 1 aromatic heterocycles. The van der Waals surface area contributed by atoms with Crippen LogP contribution >= 0.6 is 0 Å². The zero-order valence-corrected chi connectivity index (χ0v) is 17.6. The van der Waals surface area contributed by atoms with E-state index < -0.39 is 0 Å². The highest BCUT2D eigenvalue weighted by Gasteiger charge is 2.34. The lowest BCUT2D eigenvalue weighted by molar-refractivity contribution is -0.117. The summed E-state index contributed by atoms with van der Waals surface area (Å²) in [5.41, 5.74) is 4.58. The van der Waals surface area contributed by atoms with Gasteiger partial charge in [0.15, 0.2) is 5.76 Å². The van der Waals surface area contributed by atoms with Crippen LogP contribution in [0, 0.1) is 0 Å². The van der Waals surface area contributed by atoms with Gasteiger partial charge >= 0.3 is 0 Å². The van der Waals surface area contributed by atoms with Gasteiger partial charge in [0.05, 0.1) is 23.7 Å². The van der Waals surface area contributed by atoms with Gasteiger partial charge in [-0.05, 0) is 54.4 Å². The molecule has 0 bridgehead atoms. The summed E-state index contributed by atoms with van der Waals surface area (Å²) in [4.78, 5) is 31.0. The summed E-state index contributed by atoms with van der Waals surface area (Å²) >= 11 is 0. The Kier molecular flexibility index (Phi) is 5.08. The Morgan fingerprint density at radius 3 is 2.30 bits per heavy atom. The molecule has 0 fully saturated rings. The number of furan rings is 1. The van der Waals surface area contributed by atoms with Crippen molar-refractivity contribution < 1.29 is 14.0 Å². The van der Waals surface area contributed by atoms with E-state index in [1.54, 1.807) is 28.9 Å². The molecule has 1 aliphatic rings. The van der Waals surface area contributed by atoms with Gasteiger partial charge in [-0.1, -0.05) is 18.2 Å². The fourth-order valence-corrected chi connectivity index (χ4v) is 3.96. The van der Waals surface area contributed by atoms with Crippen LogP contribution in [-0.4, -0.2) is 38.5 Å². The first-order valence-electron chi connectivity index (χ1n) is 9.94. The maximum Gasteiger partial charge on any atom is 0.294 e. The van der Waals surface area contributed by atoms with Gasteiger partial charge in [-0.15, -0.1) is 0 Å². The van der Waals surface area contributed by atoms with E-state index >= 15 is 0 Å². The van der Waals surface area contributed by atoms with Crippen LogP contribution < -0.4 is 14.7 Å². The average molecular weight is 403 g/mol. The zero-order valence-electron chi connectivity index (χ0n) is 17.6. The van der Waals surface area contributed by atoms with Gasteiger partial charge in [0.1, 0.15) is 0 Å². The molecule has 6 nitrogen and oxygen atoms in total. The van der Waals surface area contributed by atoms with E-state index in [1.165, 1.54) is 6.26 Å². The lowest BCUT2D eigenvalue weighted by atomic mass is 10.00. The summed E-state index contributed by atoms with van der Waals surface area (Å²) in [5.74, 6) is 0.0264. The molecule has 0 saturated carbocycles. The third kappa shape index (κ3) is 3.45. The number of nitrogens with zero attached hydrogens (tertiary/aromatic N) is 3. The third-order valence-electron chi connectivity index (χ3n) is 5.45. The topological polar surface area (TPSA) is 57.0 Å². The number of hydrogen-bond acceptors (Lipinski definition) is 4. The highest BCUT2D eigenvalue weighted by molar-refractivity contribution is 6.10. The first-order chi connectivity index (χ1) is 14.4. The molecule has 0 aliphatic carbocycles. The normalized spacial score (nSPS) is 15.7. The summed E-state index contributed by atoms with van der Waals surface area (Å²) < 4.78 is 5.35. The van der Waals surface area contributed by atoms with Crippen molar-refractivity contribution in [1.82, 2.24) is 0 Å². The largest absolute Gasteiger partial charge is 0.459 e. The Hall–Kier alpha value is -3.54. The molecule has 3 aromatic rings. The van der Waals surface area contributed by atoms with Crippen molar-refractivity contribution in [3.63, 3.8) is 0 Å². The number of anilines is 3. The SMILES string of the molecule is CC(=O)N1c2ccc(-c3ccc(N(C)C)cc3)cc2N(C(=O)c2ccco2)C[C@@H]1C. The Balaban J connectivity index is 1.80. The van der Waals surface area contributed by atoms with Gasteiger partial charge in [0, 0.05) is 33.3 Å². The molecule has 154 valence electrons. The standard InChI is InChI=1S/C24H25N3O3/c1-16-15-26(24(29)23-6-5-13-30-23)22-14-19(9-12-21(22)27(16)17(2)28)18-7-10-20(11-8-18)25(3)4/h5-14,16H,15H2,1-4H3/t16-/m0/s1. The second-order valence-corrected chi connectivity index (χ2v) is 7.78. The minimum atomic E-state index is -0.212. The Bertz CT molecular complexity index is 1070. The van der Waals surface area contributed by atoms with Gasteiger partial charge in [0.25, 0.3) is 5.91 Å². The smallest absolute Gasteiger partial charge is 0.294 e. The fourth-order valence-electron chi connectivity index (χ4n) is 3.96. The van der Waals surface area contributed by atoms with E-state index in [0.29, 0.717) is 12.2 Å². The van der Waals surface area contributed by atoms with E-state index in [2.05, 4.69) is 24.3 Å². The molecule has 1 aliphatic heterocycles. The summed E-state index contributed by atoms with van der Waals surface area (Å²) in [5, 5.41) is 0. The molecular weight excluding hydrogens is 378 g/mol. The molecular formula is C24H25N3O3. The summed E-state index contributed by atoms with van der Waals surface area (Å²) in [6.07, 6.45) is 1.49. The van der Waals surface area contributed by atoms with E-state index in [9.17, 15) is 9.59 Å². The minimum Gasteiger partial charge on any atom is -0.459 e. The lowest BCUT2D eigenvalue weighted by Gasteiger charge is -2.40. The van der Waals surface area contributed by atoms with Crippen LogP contribution in [0.5, 0.6) is 0 Å². The van der Waals surface area contributed by atoms with Crippen molar-refractivity contribution in [2.75, 3.05) is 35.3 Å². The molecule has 0 saturated heterocycles. The molecule has 4 rings (SSSR count). The number of carbonyl (C=O) groups is 2. The molecule has 0 spiro atoms. The van der Waals surface area contributed by atoms with Crippen LogP contribution in [-0.2, 0) is 4.79 Å². The Morgan fingerprint density at radius 1 is 1.00 bits per heavy atom. The van der Waals surface area contributed by atoms with Crippen molar-refractivity contribution in [3.8, 4) is 11.1 Å². The number of fused-ring (bicyclic) bond motifs is 1. The van der Waals surface area contributed by atoms with Crippen LogP contribution in [0.15, 0.2) is 65.3 Å². The number of carbonyl (C=O) groups excluding carboxylic acids is 2. The maximum atomic E-state index is 13.1. The van der Waals surface area contributed by atoms with E-state index in [1.807, 2.05) is 44.1 Å². The van der Waals surface area contributed by atoms with E-state index in [4.69, 9.17) is 4.42 Å². The minimum absolute atomic E-state index is 0.0445. The van der Waals surface area contributed by atoms with Crippen molar-refractivity contribution in [3.05, 3.63) is 66.6 Å². The molecule has 0 unspecified atom stereocenters. The van der Waals surface area contributed by atoms with E-state index in [-0.39, 0.29) is 23.6 Å². The van der Waals surface area contributed by atoms with E-state index in [0.717, 1.165) is 22.5 Å². The lowest BCUT2D eigenvalue weighted by Crippen LogP contribution is -2.51. The van der Waals surface area contributed by atoms with Crippen LogP contribution in [0.4, 0.5) is 17.1 Å². The van der Waals surface area contributed by atoms with Crippen molar-refractivity contribution >= 4 is 28.9 Å². The van der Waals surface area contributed by atoms with Gasteiger partial charge in [-0.2, -0.15) is 0 Å². The Morgan fingerprint density at radius 2 is 1.70 bits per heavy atom. The van der Waals surface area contributed by atoms with Crippen LogP contribution in [0.2, 0.25) is 0 Å². The van der Waals surface area contributed by atoms with Crippen molar-refractivity contribution in [1.29, 1.82) is 0 Å². The predicted octanol–water partition coefficient (Wildman–Crippen LogP) is 4.41. The number of rotatable bonds is 3. The quantitative estimate of drug-likeness (QED) is 0.650. The second kappa shape index (κ2) is 7.71. The van der Waals surface area contributed by atoms with Crippen LogP contribution in [0.3, 0.4) is 0 Å². The average Bonchev–Trinajstić information content (AvgIpc) is 3.27. The van der Waals surface area contributed by atoms with Crippen molar-refractivity contribution in [2.45, 2.75) is 19.9 Å². The maximum absolute atomic E-state index is 13.1. The fraction of sp³-hybridized carbons (Fsp3) is 0.250. The molecule has 6 heteroatoms. The number of hydrogen-bond donors (Lipinski definition) is 0. The van der Waals surface area contributed by atoms with Gasteiger partial charge in [-0.25, -0.2) is 0 Å². The van der Waals surface area contributed by atoms with Gasteiger partial charge < -0.3 is 19.1 Å². The van der Waals surface area contributed by atoms with Crippen molar-refractivity contribution in [2.24, 2.45) is 0 Å². The first kappa shape index (κ1) is 19.8. The van der Waals surface area contributed by atoms with Gasteiger partial charge in [0.2, 0.25) is 5.91 Å². The highest BCUT2D eigenvalue weighted by atomic mass is 16.3. The Labute approximate surface area is 176 Å². The van der Waals surface area contributed by atoms with Gasteiger partial charge in [-0.3, -0.25) is 9.59 Å². The molecule has 2 amide bonds. The van der Waals surface area contributed by atoms with Crippen LogP contribution in [0.1, 0.15) is 24.4 Å². The highest BCUT2D eigenvalue weighted by Crippen LogP contribution is 2.39. The molecule has 2 heterocycles. The number of amides is 2. The third-order valence-corrected chi connectivity index (χ3v) is 5.45. The molecule has 1 atom stereocenters. The predicted molar refractivity (Wildman–Crippen MR) is 119 cm³/mol. The first-order valence-corrected chi connectivity index (χ1v) is 9.94. The molecule has 0 radical (unpaired) electrons. The monoisotopic (exact) mass is 403 g/mol. The molecule has 2 aromatic carbocycles.